The van der Waals surface area contributed by atoms with Crippen LogP contribution in [-0.2, 0) is 6.54 Å². The number of nitrogens with one attached hydrogen (secondary N) is 1. The fourth-order valence-corrected chi connectivity index (χ4v) is 2.70. The van der Waals surface area contributed by atoms with Crippen LogP contribution in [0, 0.1) is 0 Å². The molecule has 0 aromatic carbocycles. The summed E-state index contributed by atoms with van der Waals surface area (Å²) in [4.78, 5) is 29.2. The molecule has 0 saturated carbocycles. The Bertz CT molecular complexity index is 670. The molecule has 24 heavy (non-hydrogen) atoms. The predicted octanol–water partition coefficient (Wildman–Crippen LogP) is 1.26. The van der Waals surface area contributed by atoms with E-state index in [0.29, 0.717) is 18.1 Å². The van der Waals surface area contributed by atoms with Gasteiger partial charge >= 0.3 is 0 Å². The molecule has 1 aliphatic rings. The number of hydrogen-bond acceptors (Lipinski definition) is 6. The van der Waals surface area contributed by atoms with E-state index in [0.717, 1.165) is 38.3 Å². The van der Waals surface area contributed by atoms with E-state index < -0.39 is 0 Å². The van der Waals surface area contributed by atoms with Crippen molar-refractivity contribution in [3.63, 3.8) is 0 Å². The molecule has 0 aliphatic carbocycles. The number of aromatic nitrogens is 3. The Morgan fingerprint density at radius 1 is 1.25 bits per heavy atom. The van der Waals surface area contributed by atoms with Crippen LogP contribution < -0.4 is 5.32 Å². The average Bonchev–Trinajstić information content (AvgIpc) is 2.67. The molecule has 1 saturated heterocycles. The number of hydrogen-bond donors (Lipinski definition) is 1. The molecule has 7 nitrogen and oxygen atoms in total. The largest absolute Gasteiger partial charge is 0.366 e. The number of nitrogens with zero attached hydrogens (tertiary/aromatic N) is 5. The zero-order valence-corrected chi connectivity index (χ0v) is 13.9. The third-order valence-electron chi connectivity index (χ3n) is 4.19. The molecular weight excluding hydrogens is 304 g/mol. The van der Waals surface area contributed by atoms with Gasteiger partial charge in [-0.15, -0.1) is 0 Å². The third kappa shape index (κ3) is 4.05. The van der Waals surface area contributed by atoms with Crippen LogP contribution in [0.4, 0.5) is 5.82 Å². The van der Waals surface area contributed by atoms with E-state index in [1.807, 2.05) is 17.0 Å². The predicted molar refractivity (Wildman–Crippen MR) is 91.6 cm³/mol. The number of anilines is 1. The van der Waals surface area contributed by atoms with Crippen LogP contribution >= 0.6 is 0 Å². The van der Waals surface area contributed by atoms with E-state index in [1.54, 1.807) is 18.5 Å². The van der Waals surface area contributed by atoms with E-state index in [-0.39, 0.29) is 5.91 Å². The van der Waals surface area contributed by atoms with Gasteiger partial charge in [-0.2, -0.15) is 0 Å². The van der Waals surface area contributed by atoms with Crippen LogP contribution in [0.3, 0.4) is 0 Å². The number of carbonyl (C=O) groups is 1. The second-order valence-corrected chi connectivity index (χ2v) is 5.73. The lowest BCUT2D eigenvalue weighted by Gasteiger charge is -2.33. The summed E-state index contributed by atoms with van der Waals surface area (Å²) in [6, 6.07) is 5.59. The van der Waals surface area contributed by atoms with Crippen molar-refractivity contribution in [1.29, 1.82) is 0 Å². The molecule has 1 N–H and O–H groups in total. The van der Waals surface area contributed by atoms with Gasteiger partial charge in [0, 0.05) is 51.2 Å². The summed E-state index contributed by atoms with van der Waals surface area (Å²) in [6.07, 6.45) is 4.97. The lowest BCUT2D eigenvalue weighted by atomic mass is 10.2. The topological polar surface area (TPSA) is 74.2 Å². The van der Waals surface area contributed by atoms with Crippen molar-refractivity contribution in [2.75, 3.05) is 38.0 Å². The second-order valence-electron chi connectivity index (χ2n) is 5.73. The standard InChI is InChI=1S/C17H22N6O/c1-2-22-6-8-23(9-7-22)17(24)15-10-16(21-13-20-15)19-12-14-4-3-5-18-11-14/h3-5,10-11,13H,2,6-9,12H2,1H3,(H,19,20,21). The maximum Gasteiger partial charge on any atom is 0.272 e. The molecular formula is C17H22N6O. The van der Waals surface area contributed by atoms with Crippen molar-refractivity contribution in [3.05, 3.63) is 48.2 Å². The van der Waals surface area contributed by atoms with Crippen LogP contribution in [-0.4, -0.2) is 63.4 Å². The van der Waals surface area contributed by atoms with Gasteiger partial charge in [-0.05, 0) is 18.2 Å². The second kappa shape index (κ2) is 7.83. The number of amides is 1. The Morgan fingerprint density at radius 3 is 2.79 bits per heavy atom. The lowest BCUT2D eigenvalue weighted by molar-refractivity contribution is 0.0637. The van der Waals surface area contributed by atoms with E-state index in [2.05, 4.69) is 32.1 Å². The van der Waals surface area contributed by atoms with Gasteiger partial charge in [0.2, 0.25) is 0 Å². The molecule has 0 atom stereocenters. The molecule has 3 rings (SSSR count). The highest BCUT2D eigenvalue weighted by Crippen LogP contribution is 2.11. The molecule has 0 unspecified atom stereocenters. The molecule has 0 radical (unpaired) electrons. The van der Waals surface area contributed by atoms with Crippen molar-refractivity contribution in [1.82, 2.24) is 24.8 Å². The monoisotopic (exact) mass is 326 g/mol. The Hall–Kier alpha value is -2.54. The number of piperazine rings is 1. The smallest absolute Gasteiger partial charge is 0.272 e. The van der Waals surface area contributed by atoms with Gasteiger partial charge in [0.15, 0.2) is 0 Å². The van der Waals surface area contributed by atoms with Crippen LogP contribution in [0.5, 0.6) is 0 Å². The first-order chi connectivity index (χ1) is 11.8. The molecule has 2 aromatic heterocycles. The zero-order chi connectivity index (χ0) is 16.8. The minimum atomic E-state index is -0.0300. The Morgan fingerprint density at radius 2 is 2.08 bits per heavy atom. The average molecular weight is 326 g/mol. The van der Waals surface area contributed by atoms with Crippen LogP contribution in [0.1, 0.15) is 23.0 Å². The van der Waals surface area contributed by atoms with Crippen LogP contribution in [0.15, 0.2) is 36.9 Å². The van der Waals surface area contributed by atoms with Gasteiger partial charge in [0.25, 0.3) is 5.91 Å². The highest BCUT2D eigenvalue weighted by atomic mass is 16.2. The molecule has 3 heterocycles. The van der Waals surface area contributed by atoms with E-state index in [1.165, 1.54) is 6.33 Å². The fraction of sp³-hybridized carbons (Fsp3) is 0.412. The SMILES string of the molecule is CCN1CCN(C(=O)c2cc(NCc3cccnc3)ncn2)CC1. The Balaban J connectivity index is 1.61. The molecule has 2 aromatic rings. The first-order valence-electron chi connectivity index (χ1n) is 8.22. The summed E-state index contributed by atoms with van der Waals surface area (Å²) in [5.74, 6) is 0.613. The zero-order valence-electron chi connectivity index (χ0n) is 13.9. The van der Waals surface area contributed by atoms with Gasteiger partial charge in [-0.1, -0.05) is 13.0 Å². The normalized spacial score (nSPS) is 15.3. The first-order valence-corrected chi connectivity index (χ1v) is 8.22. The van der Waals surface area contributed by atoms with Crippen LogP contribution in [0.2, 0.25) is 0 Å². The summed E-state index contributed by atoms with van der Waals surface area (Å²) in [7, 11) is 0. The van der Waals surface area contributed by atoms with Crippen LogP contribution in [0.25, 0.3) is 0 Å². The molecule has 0 bridgehead atoms. The lowest BCUT2D eigenvalue weighted by Crippen LogP contribution is -2.48. The number of rotatable bonds is 5. The van der Waals surface area contributed by atoms with Crippen molar-refractivity contribution >= 4 is 11.7 Å². The molecule has 7 heteroatoms. The van der Waals surface area contributed by atoms with Crippen molar-refractivity contribution in [2.45, 2.75) is 13.5 Å². The highest BCUT2D eigenvalue weighted by molar-refractivity contribution is 5.93. The van der Waals surface area contributed by atoms with Gasteiger partial charge < -0.3 is 15.1 Å². The van der Waals surface area contributed by atoms with E-state index in [4.69, 9.17) is 0 Å². The summed E-state index contributed by atoms with van der Waals surface area (Å²) in [6.45, 7) is 7.09. The van der Waals surface area contributed by atoms with Gasteiger partial charge in [0.1, 0.15) is 17.8 Å². The molecule has 1 fully saturated rings. The van der Waals surface area contributed by atoms with Crippen molar-refractivity contribution in [2.24, 2.45) is 0 Å². The van der Waals surface area contributed by atoms with E-state index >= 15 is 0 Å². The number of pyridine rings is 1. The minimum Gasteiger partial charge on any atom is -0.366 e. The van der Waals surface area contributed by atoms with Gasteiger partial charge in [-0.25, -0.2) is 9.97 Å². The quantitative estimate of drug-likeness (QED) is 0.892. The summed E-state index contributed by atoms with van der Waals surface area (Å²) in [5, 5.41) is 3.21. The maximum atomic E-state index is 12.6. The molecule has 1 aliphatic heterocycles. The summed E-state index contributed by atoms with van der Waals surface area (Å²) >= 11 is 0. The number of carbonyl (C=O) groups excluding carboxylic acids is 1. The molecule has 0 spiro atoms. The van der Waals surface area contributed by atoms with Gasteiger partial charge in [0.05, 0.1) is 0 Å². The minimum absolute atomic E-state index is 0.0300. The third-order valence-corrected chi connectivity index (χ3v) is 4.19. The first kappa shape index (κ1) is 16.3. The summed E-state index contributed by atoms with van der Waals surface area (Å²) < 4.78 is 0. The fourth-order valence-electron chi connectivity index (χ4n) is 2.70. The molecule has 1 amide bonds. The molecule has 126 valence electrons. The Labute approximate surface area is 141 Å². The summed E-state index contributed by atoms with van der Waals surface area (Å²) in [5.41, 5.74) is 1.49. The number of likely N-dealkylation sites (N-methyl/N-ethyl adjacent to an activating group) is 1. The Kier molecular flexibility index (Phi) is 5.32. The maximum absolute atomic E-state index is 12.6. The van der Waals surface area contributed by atoms with Crippen molar-refractivity contribution in [3.8, 4) is 0 Å². The van der Waals surface area contributed by atoms with Gasteiger partial charge in [-0.3, -0.25) is 9.78 Å². The van der Waals surface area contributed by atoms with E-state index in [9.17, 15) is 4.79 Å². The van der Waals surface area contributed by atoms with Crippen molar-refractivity contribution < 1.29 is 4.79 Å². The highest BCUT2D eigenvalue weighted by Gasteiger charge is 2.22.